The van der Waals surface area contributed by atoms with Gasteiger partial charge in [0.1, 0.15) is 18.5 Å². The lowest BCUT2D eigenvalue weighted by Gasteiger charge is -2.47. The van der Waals surface area contributed by atoms with Crippen molar-refractivity contribution in [2.45, 2.75) is 52.2 Å². The first-order valence-electron chi connectivity index (χ1n) is 12.2. The Morgan fingerprint density at radius 3 is 2.50 bits per heavy atom. The predicted octanol–water partition coefficient (Wildman–Crippen LogP) is 3.66. The lowest BCUT2D eigenvalue weighted by atomic mass is 9.71. The van der Waals surface area contributed by atoms with Gasteiger partial charge in [-0.05, 0) is 87.4 Å². The smallest absolute Gasteiger partial charge is 0.338 e. The number of nitrogens with zero attached hydrogens (tertiary/aromatic N) is 4. The van der Waals surface area contributed by atoms with E-state index in [1.807, 2.05) is 32.0 Å². The van der Waals surface area contributed by atoms with Gasteiger partial charge in [0.25, 0.3) is 0 Å². The molecule has 0 saturated carbocycles. The average molecular weight is 461 g/mol. The number of rotatable bonds is 4. The summed E-state index contributed by atoms with van der Waals surface area (Å²) >= 11 is 0. The molecule has 3 aliphatic rings. The van der Waals surface area contributed by atoms with Gasteiger partial charge in [-0.3, -0.25) is 0 Å². The number of hydrogen-bond acceptors (Lipinski definition) is 7. The van der Waals surface area contributed by atoms with Crippen molar-refractivity contribution < 1.29 is 14.6 Å². The molecule has 2 aromatic rings. The Bertz CT molecular complexity index is 1140. The maximum atomic E-state index is 11.8. The highest BCUT2D eigenvalue weighted by Crippen LogP contribution is 2.42. The van der Waals surface area contributed by atoms with Crippen LogP contribution in [-0.4, -0.2) is 53.7 Å². The third-order valence-corrected chi connectivity index (χ3v) is 8.25. The molecule has 1 spiro atoms. The molecular formula is C27H32N4O3. The van der Waals surface area contributed by atoms with Crippen LogP contribution >= 0.6 is 0 Å². The zero-order chi connectivity index (χ0) is 23.9. The highest BCUT2D eigenvalue weighted by molar-refractivity contribution is 5.93. The number of carbonyl (C=O) groups excluding carboxylic acids is 1. The quantitative estimate of drug-likeness (QED) is 0.697. The van der Waals surface area contributed by atoms with Gasteiger partial charge in [0, 0.05) is 25.2 Å². The number of esters is 1. The second-order valence-electron chi connectivity index (χ2n) is 10.1. The lowest BCUT2D eigenvalue weighted by Crippen LogP contribution is -2.47. The van der Waals surface area contributed by atoms with Crippen molar-refractivity contribution >= 4 is 11.8 Å². The fourth-order valence-corrected chi connectivity index (χ4v) is 5.83. The van der Waals surface area contributed by atoms with E-state index in [4.69, 9.17) is 10.00 Å². The number of likely N-dealkylation sites (tertiary alicyclic amines) is 1. The zero-order valence-corrected chi connectivity index (χ0v) is 20.0. The standard InChI is InChI=1S/C27H32N4O3/c1-18-21(4-5-22-23(18)17-34-26(22)33)24(32)16-30-11-7-27(8-12-30)9-13-31(14-10-27)25-6-3-20(15-28)19(2)29-25/h3-6,24,32H,7-14,16-17H2,1-2H3/t24-/m0/s1. The van der Waals surface area contributed by atoms with Crippen LogP contribution in [0.15, 0.2) is 24.3 Å². The van der Waals surface area contributed by atoms with Crippen LogP contribution < -0.4 is 4.90 Å². The van der Waals surface area contributed by atoms with Crippen LogP contribution in [0, 0.1) is 30.6 Å². The summed E-state index contributed by atoms with van der Waals surface area (Å²) in [4.78, 5) is 21.2. The molecule has 1 aromatic carbocycles. The van der Waals surface area contributed by atoms with Gasteiger partial charge in [0.05, 0.1) is 22.9 Å². The molecule has 34 heavy (non-hydrogen) atoms. The van der Waals surface area contributed by atoms with Crippen LogP contribution in [0.5, 0.6) is 0 Å². The van der Waals surface area contributed by atoms with Crippen molar-refractivity contribution in [2.75, 3.05) is 37.6 Å². The average Bonchev–Trinajstić information content (AvgIpc) is 3.23. The van der Waals surface area contributed by atoms with Crippen molar-refractivity contribution in [3.05, 3.63) is 57.8 Å². The van der Waals surface area contributed by atoms with E-state index in [0.717, 1.165) is 80.1 Å². The number of carbonyl (C=O) groups is 1. The molecule has 0 bridgehead atoms. The van der Waals surface area contributed by atoms with E-state index in [1.165, 1.54) is 0 Å². The largest absolute Gasteiger partial charge is 0.457 e. The number of aryl methyl sites for hydroxylation is 1. The number of cyclic esters (lactones) is 1. The maximum absolute atomic E-state index is 11.8. The number of nitriles is 1. The fourth-order valence-electron chi connectivity index (χ4n) is 5.83. The van der Waals surface area contributed by atoms with Crippen molar-refractivity contribution in [3.63, 3.8) is 0 Å². The van der Waals surface area contributed by atoms with E-state index in [1.54, 1.807) is 6.07 Å². The Morgan fingerprint density at radius 1 is 1.12 bits per heavy atom. The number of piperidine rings is 2. The Labute approximate surface area is 201 Å². The van der Waals surface area contributed by atoms with E-state index in [9.17, 15) is 9.90 Å². The number of benzene rings is 1. The number of hydrogen-bond donors (Lipinski definition) is 1. The van der Waals surface area contributed by atoms with Crippen LogP contribution in [0.4, 0.5) is 5.82 Å². The molecule has 7 heteroatoms. The van der Waals surface area contributed by atoms with Gasteiger partial charge >= 0.3 is 5.97 Å². The SMILES string of the molecule is Cc1nc(N2CCC3(CCN(C[C@H](O)c4ccc5c(c4C)COC5=O)CC3)CC2)ccc1C#N. The molecule has 5 rings (SSSR count). The number of aliphatic hydroxyl groups is 1. The van der Waals surface area contributed by atoms with E-state index in [-0.39, 0.29) is 5.97 Å². The third kappa shape index (κ3) is 4.17. The Balaban J connectivity index is 1.16. The molecule has 0 aliphatic carbocycles. The normalized spacial score (nSPS) is 20.6. The van der Waals surface area contributed by atoms with Crippen LogP contribution in [0.3, 0.4) is 0 Å². The van der Waals surface area contributed by atoms with Gasteiger partial charge in [-0.2, -0.15) is 5.26 Å². The molecule has 1 N–H and O–H groups in total. The van der Waals surface area contributed by atoms with Crippen molar-refractivity contribution in [1.29, 1.82) is 5.26 Å². The fraction of sp³-hybridized carbons (Fsp3) is 0.519. The monoisotopic (exact) mass is 460 g/mol. The molecular weight excluding hydrogens is 428 g/mol. The number of anilines is 1. The molecule has 2 fully saturated rings. The van der Waals surface area contributed by atoms with Gasteiger partial charge in [-0.25, -0.2) is 9.78 Å². The molecule has 3 aliphatic heterocycles. The molecule has 0 unspecified atom stereocenters. The molecule has 0 amide bonds. The maximum Gasteiger partial charge on any atom is 0.338 e. The van der Waals surface area contributed by atoms with Crippen LogP contribution in [0.1, 0.15) is 70.1 Å². The van der Waals surface area contributed by atoms with Gasteiger partial charge in [0.2, 0.25) is 0 Å². The van der Waals surface area contributed by atoms with E-state index >= 15 is 0 Å². The molecule has 1 aromatic heterocycles. The first-order valence-corrected chi connectivity index (χ1v) is 12.2. The minimum atomic E-state index is -0.567. The van der Waals surface area contributed by atoms with Crippen molar-refractivity contribution in [1.82, 2.24) is 9.88 Å². The number of aliphatic hydroxyl groups excluding tert-OH is 1. The van der Waals surface area contributed by atoms with E-state index in [0.29, 0.717) is 29.7 Å². The zero-order valence-electron chi connectivity index (χ0n) is 20.0. The van der Waals surface area contributed by atoms with Gasteiger partial charge in [-0.1, -0.05) is 6.07 Å². The molecule has 1 atom stereocenters. The number of β-amino-alcohol motifs (C(OH)–C–C–N with tert-alkyl or cyclic N) is 1. The van der Waals surface area contributed by atoms with Crippen molar-refractivity contribution in [2.24, 2.45) is 5.41 Å². The van der Waals surface area contributed by atoms with Gasteiger partial charge in [-0.15, -0.1) is 0 Å². The highest BCUT2D eigenvalue weighted by Gasteiger charge is 2.38. The van der Waals surface area contributed by atoms with Gasteiger partial charge < -0.3 is 19.6 Å². The van der Waals surface area contributed by atoms with Gasteiger partial charge in [0.15, 0.2) is 0 Å². The first-order chi connectivity index (χ1) is 16.4. The Kier molecular flexibility index (Phi) is 6.05. The van der Waals surface area contributed by atoms with E-state index in [2.05, 4.69) is 20.9 Å². The molecule has 0 radical (unpaired) electrons. The third-order valence-electron chi connectivity index (χ3n) is 8.25. The molecule has 7 nitrogen and oxygen atoms in total. The molecule has 178 valence electrons. The topological polar surface area (TPSA) is 89.7 Å². The highest BCUT2D eigenvalue weighted by atomic mass is 16.5. The summed E-state index contributed by atoms with van der Waals surface area (Å²) in [5, 5.41) is 20.1. The van der Waals surface area contributed by atoms with Crippen LogP contribution in [0.25, 0.3) is 0 Å². The summed E-state index contributed by atoms with van der Waals surface area (Å²) in [6.45, 7) is 8.78. The lowest BCUT2D eigenvalue weighted by molar-refractivity contribution is 0.0447. The summed E-state index contributed by atoms with van der Waals surface area (Å²) in [6, 6.07) is 9.71. The summed E-state index contributed by atoms with van der Waals surface area (Å²) in [6.07, 6.45) is 4.05. The predicted molar refractivity (Wildman–Crippen MR) is 129 cm³/mol. The van der Waals surface area contributed by atoms with Crippen molar-refractivity contribution in [3.8, 4) is 6.07 Å². The van der Waals surface area contributed by atoms with Crippen LogP contribution in [-0.2, 0) is 11.3 Å². The summed E-state index contributed by atoms with van der Waals surface area (Å²) in [7, 11) is 0. The first kappa shape index (κ1) is 22.8. The van der Waals surface area contributed by atoms with E-state index < -0.39 is 6.10 Å². The molecule has 2 saturated heterocycles. The summed E-state index contributed by atoms with van der Waals surface area (Å²) in [5.74, 6) is 0.709. The number of ether oxygens (including phenoxy) is 1. The number of aromatic nitrogens is 1. The Morgan fingerprint density at radius 2 is 1.82 bits per heavy atom. The molecule has 4 heterocycles. The summed E-state index contributed by atoms with van der Waals surface area (Å²) in [5.41, 5.74) is 5.23. The second kappa shape index (κ2) is 9.01. The Hall–Kier alpha value is -2.95. The number of fused-ring (bicyclic) bond motifs is 1. The minimum Gasteiger partial charge on any atom is -0.457 e. The second-order valence-corrected chi connectivity index (χ2v) is 10.1. The minimum absolute atomic E-state index is 0.267. The van der Waals surface area contributed by atoms with Crippen LogP contribution in [0.2, 0.25) is 0 Å². The number of pyridine rings is 1. The summed E-state index contributed by atoms with van der Waals surface area (Å²) < 4.78 is 5.15.